The molecular weight excluding hydrogens is 265 g/mol. The van der Waals surface area contributed by atoms with Crippen LogP contribution in [0.4, 0.5) is 10.2 Å². The number of aromatic nitrogens is 1. The third-order valence-electron chi connectivity index (χ3n) is 3.47. The van der Waals surface area contributed by atoms with Crippen molar-refractivity contribution in [3.05, 3.63) is 23.1 Å². The van der Waals surface area contributed by atoms with E-state index in [1.54, 1.807) is 0 Å². The maximum absolute atomic E-state index is 14.0. The zero-order valence-corrected chi connectivity index (χ0v) is 12.1. The van der Waals surface area contributed by atoms with Crippen LogP contribution in [0.1, 0.15) is 32.6 Å². The van der Waals surface area contributed by atoms with Crippen LogP contribution in [-0.2, 0) is 0 Å². The van der Waals surface area contributed by atoms with Crippen molar-refractivity contribution in [3.63, 3.8) is 0 Å². The molecule has 19 heavy (non-hydrogen) atoms. The third kappa shape index (κ3) is 4.05. The van der Waals surface area contributed by atoms with Crippen LogP contribution in [0.15, 0.2) is 12.3 Å². The lowest BCUT2D eigenvalue weighted by molar-refractivity contribution is 0.551. The number of anilines is 1. The van der Waals surface area contributed by atoms with Gasteiger partial charge in [0.15, 0.2) is 11.6 Å². The molecule has 1 aromatic heterocycles. The van der Waals surface area contributed by atoms with Crippen molar-refractivity contribution in [1.29, 1.82) is 0 Å². The second-order valence-corrected chi connectivity index (χ2v) is 5.49. The van der Waals surface area contributed by atoms with E-state index in [0.717, 1.165) is 38.9 Å². The molecule has 1 aliphatic rings. The summed E-state index contributed by atoms with van der Waals surface area (Å²) < 4.78 is 14.0. The predicted octanol–water partition coefficient (Wildman–Crippen LogP) is 3.23. The summed E-state index contributed by atoms with van der Waals surface area (Å²) in [5, 5.41) is 3.79. The Labute approximate surface area is 119 Å². The monoisotopic (exact) mass is 285 g/mol. The summed E-state index contributed by atoms with van der Waals surface area (Å²) >= 11 is 5.76. The average molecular weight is 286 g/mol. The predicted molar refractivity (Wildman–Crippen MR) is 77.4 cm³/mol. The normalized spacial score (nSPS) is 18.8. The number of rotatable bonds is 6. The number of nitrogens with one attached hydrogen (secondary N) is 1. The second-order valence-electron chi connectivity index (χ2n) is 5.05. The standard InChI is InChI=1S/C14H21ClFN3/c1-2-3-7-19(10-12-5-4-6-17-12)14-13(16)8-11(15)9-18-14/h8-9,12,17H,2-7,10H2,1H3. The highest BCUT2D eigenvalue weighted by Gasteiger charge is 2.20. The Morgan fingerprint density at radius 2 is 2.42 bits per heavy atom. The van der Waals surface area contributed by atoms with Crippen LogP contribution >= 0.6 is 11.6 Å². The van der Waals surface area contributed by atoms with Crippen LogP contribution in [0, 0.1) is 5.82 Å². The Balaban J connectivity index is 2.10. The lowest BCUT2D eigenvalue weighted by Gasteiger charge is -2.27. The van der Waals surface area contributed by atoms with Crippen molar-refractivity contribution in [3.8, 4) is 0 Å². The van der Waals surface area contributed by atoms with Gasteiger partial charge in [-0.15, -0.1) is 0 Å². The minimum atomic E-state index is -0.332. The van der Waals surface area contributed by atoms with Gasteiger partial charge in [-0.25, -0.2) is 9.37 Å². The molecule has 1 saturated heterocycles. The van der Waals surface area contributed by atoms with E-state index in [4.69, 9.17) is 11.6 Å². The van der Waals surface area contributed by atoms with Crippen LogP contribution in [0.3, 0.4) is 0 Å². The summed E-state index contributed by atoms with van der Waals surface area (Å²) in [7, 11) is 0. The molecule has 1 unspecified atom stereocenters. The molecule has 1 fully saturated rings. The van der Waals surface area contributed by atoms with Gasteiger partial charge in [-0.05, 0) is 31.9 Å². The van der Waals surface area contributed by atoms with Crippen molar-refractivity contribution >= 4 is 17.4 Å². The van der Waals surface area contributed by atoms with Crippen molar-refractivity contribution < 1.29 is 4.39 Å². The molecule has 0 saturated carbocycles. The topological polar surface area (TPSA) is 28.2 Å². The molecule has 0 radical (unpaired) electrons. The number of nitrogens with zero attached hydrogens (tertiary/aromatic N) is 2. The Morgan fingerprint density at radius 3 is 3.05 bits per heavy atom. The first kappa shape index (κ1) is 14.5. The van der Waals surface area contributed by atoms with Crippen molar-refractivity contribution in [1.82, 2.24) is 10.3 Å². The summed E-state index contributed by atoms with van der Waals surface area (Å²) in [5.74, 6) is 0.0909. The number of halogens is 2. The fourth-order valence-corrected chi connectivity index (χ4v) is 2.60. The van der Waals surface area contributed by atoms with E-state index in [2.05, 4.69) is 17.2 Å². The molecule has 1 aliphatic heterocycles. The van der Waals surface area contributed by atoms with Crippen LogP contribution in [0.25, 0.3) is 0 Å². The van der Waals surface area contributed by atoms with Gasteiger partial charge in [0.1, 0.15) is 0 Å². The first-order valence-corrected chi connectivity index (χ1v) is 7.38. The Bertz CT molecular complexity index is 408. The van der Waals surface area contributed by atoms with Crippen LogP contribution in [-0.4, -0.2) is 30.7 Å². The van der Waals surface area contributed by atoms with E-state index >= 15 is 0 Å². The summed E-state index contributed by atoms with van der Waals surface area (Å²) in [6.45, 7) is 4.84. The highest BCUT2D eigenvalue weighted by molar-refractivity contribution is 6.30. The van der Waals surface area contributed by atoms with Crippen molar-refractivity contribution in [2.75, 3.05) is 24.5 Å². The fourth-order valence-electron chi connectivity index (χ4n) is 2.45. The highest BCUT2D eigenvalue weighted by Crippen LogP contribution is 2.21. The fraction of sp³-hybridized carbons (Fsp3) is 0.643. The lowest BCUT2D eigenvalue weighted by Crippen LogP contribution is -2.39. The maximum Gasteiger partial charge on any atom is 0.167 e. The molecule has 0 amide bonds. The molecule has 0 aliphatic carbocycles. The van der Waals surface area contributed by atoms with E-state index in [9.17, 15) is 4.39 Å². The van der Waals surface area contributed by atoms with Crippen molar-refractivity contribution in [2.24, 2.45) is 0 Å². The van der Waals surface area contributed by atoms with Gasteiger partial charge in [0, 0.05) is 25.3 Å². The molecular formula is C14H21ClFN3. The molecule has 0 aromatic carbocycles. The average Bonchev–Trinajstić information content (AvgIpc) is 2.88. The van der Waals surface area contributed by atoms with Crippen molar-refractivity contribution in [2.45, 2.75) is 38.6 Å². The van der Waals surface area contributed by atoms with E-state index in [-0.39, 0.29) is 5.82 Å². The minimum Gasteiger partial charge on any atom is -0.353 e. The van der Waals surface area contributed by atoms with Crippen LogP contribution < -0.4 is 10.2 Å². The van der Waals surface area contributed by atoms with Gasteiger partial charge < -0.3 is 10.2 Å². The number of pyridine rings is 1. The Morgan fingerprint density at radius 1 is 1.58 bits per heavy atom. The second kappa shape index (κ2) is 7.06. The first-order chi connectivity index (χ1) is 9.20. The molecule has 3 nitrogen and oxygen atoms in total. The van der Waals surface area contributed by atoms with Gasteiger partial charge in [-0.3, -0.25) is 0 Å². The summed E-state index contributed by atoms with van der Waals surface area (Å²) in [6, 6.07) is 1.78. The van der Waals surface area contributed by atoms with E-state index < -0.39 is 0 Å². The van der Waals surface area contributed by atoms with Gasteiger partial charge in [-0.2, -0.15) is 0 Å². The highest BCUT2D eigenvalue weighted by atomic mass is 35.5. The first-order valence-electron chi connectivity index (χ1n) is 7.00. The summed E-state index contributed by atoms with van der Waals surface area (Å²) in [6.07, 6.45) is 5.99. The number of unbranched alkanes of at least 4 members (excludes halogenated alkanes) is 1. The van der Waals surface area contributed by atoms with E-state index in [1.807, 2.05) is 4.90 Å². The Kier molecular flexibility index (Phi) is 5.40. The molecule has 0 spiro atoms. The molecule has 1 aromatic rings. The van der Waals surface area contributed by atoms with Gasteiger partial charge in [0.05, 0.1) is 5.02 Å². The van der Waals surface area contributed by atoms with Gasteiger partial charge in [-0.1, -0.05) is 24.9 Å². The molecule has 2 rings (SSSR count). The molecule has 106 valence electrons. The van der Waals surface area contributed by atoms with E-state index in [1.165, 1.54) is 18.7 Å². The lowest BCUT2D eigenvalue weighted by atomic mass is 10.2. The maximum atomic E-state index is 14.0. The van der Waals surface area contributed by atoms with Gasteiger partial charge >= 0.3 is 0 Å². The van der Waals surface area contributed by atoms with Crippen LogP contribution in [0.5, 0.6) is 0 Å². The third-order valence-corrected chi connectivity index (χ3v) is 3.68. The smallest absolute Gasteiger partial charge is 0.167 e. The molecule has 2 heterocycles. The molecule has 1 atom stereocenters. The minimum absolute atomic E-state index is 0.332. The van der Waals surface area contributed by atoms with Crippen LogP contribution in [0.2, 0.25) is 5.02 Å². The SMILES string of the molecule is CCCCN(CC1CCCN1)c1ncc(Cl)cc1F. The van der Waals surface area contributed by atoms with Gasteiger partial charge in [0.2, 0.25) is 0 Å². The Hall–Kier alpha value is -0.870. The largest absolute Gasteiger partial charge is 0.353 e. The summed E-state index contributed by atoms with van der Waals surface area (Å²) in [5.41, 5.74) is 0. The summed E-state index contributed by atoms with van der Waals surface area (Å²) in [4.78, 5) is 6.20. The zero-order chi connectivity index (χ0) is 13.7. The number of hydrogen-bond acceptors (Lipinski definition) is 3. The quantitative estimate of drug-likeness (QED) is 0.870. The van der Waals surface area contributed by atoms with Gasteiger partial charge in [0.25, 0.3) is 0 Å². The molecule has 0 bridgehead atoms. The molecule has 5 heteroatoms. The zero-order valence-electron chi connectivity index (χ0n) is 11.3. The molecule has 1 N–H and O–H groups in total. The van der Waals surface area contributed by atoms with E-state index in [0.29, 0.717) is 16.9 Å². The number of hydrogen-bond donors (Lipinski definition) is 1.